The average molecular weight is 323 g/mol. The van der Waals surface area contributed by atoms with Gasteiger partial charge in [0.2, 0.25) is 0 Å². The zero-order valence-electron chi connectivity index (χ0n) is 13.6. The van der Waals surface area contributed by atoms with Crippen LogP contribution in [-0.2, 0) is 0 Å². The van der Waals surface area contributed by atoms with Crippen LogP contribution in [0.3, 0.4) is 0 Å². The molecule has 0 saturated heterocycles. The molecule has 0 fully saturated rings. The Morgan fingerprint density at radius 3 is 2.08 bits per heavy atom. The Bertz CT molecular complexity index is 688. The molecule has 0 aliphatic heterocycles. The van der Waals surface area contributed by atoms with Gasteiger partial charge in [-0.05, 0) is 54.7 Å². The van der Waals surface area contributed by atoms with Gasteiger partial charge in [0.05, 0.1) is 11.5 Å². The van der Waals surface area contributed by atoms with E-state index in [4.69, 9.17) is 4.74 Å². The molecule has 0 unspecified atom stereocenters. The molecule has 0 radical (unpaired) electrons. The van der Waals surface area contributed by atoms with Crippen LogP contribution in [0.4, 0.5) is 5.69 Å². The molecule has 4 nitrogen and oxygen atoms in total. The van der Waals surface area contributed by atoms with E-state index in [-0.39, 0.29) is 5.69 Å². The molecule has 0 N–H and O–H groups in total. The van der Waals surface area contributed by atoms with Crippen molar-refractivity contribution in [3.8, 4) is 5.75 Å². The van der Waals surface area contributed by atoms with Gasteiger partial charge < -0.3 is 4.74 Å². The van der Waals surface area contributed by atoms with E-state index < -0.39 is 4.92 Å². The fourth-order valence-electron chi connectivity index (χ4n) is 2.16. The molecule has 0 bridgehead atoms. The van der Waals surface area contributed by atoms with Crippen molar-refractivity contribution < 1.29 is 9.66 Å². The fraction of sp³-hybridized carbons (Fsp3) is 0.200. The third-order valence-electron chi connectivity index (χ3n) is 3.52. The highest BCUT2D eigenvalue weighted by Crippen LogP contribution is 2.17. The van der Waals surface area contributed by atoms with E-state index in [1.165, 1.54) is 12.1 Å². The van der Waals surface area contributed by atoms with Gasteiger partial charge in [-0.15, -0.1) is 6.58 Å². The Balaban J connectivity index is 1.86. The quantitative estimate of drug-likeness (QED) is 0.201. The summed E-state index contributed by atoms with van der Waals surface area (Å²) in [7, 11) is 0. The first-order valence-electron chi connectivity index (χ1n) is 7.95. The van der Waals surface area contributed by atoms with Crippen LogP contribution >= 0.6 is 0 Å². The standard InChI is InChI=1S/C20H21NO3/c1-2-3-4-5-16-24-20-14-10-18(11-15-20)7-6-17-8-12-19(13-9-17)21(22)23/h2,6-15H,1,3-5,16H2/b7-6+. The third kappa shape index (κ3) is 5.72. The second-order valence-corrected chi connectivity index (χ2v) is 5.38. The number of nitro groups is 1. The highest BCUT2D eigenvalue weighted by molar-refractivity contribution is 5.70. The van der Waals surface area contributed by atoms with Gasteiger partial charge in [0.15, 0.2) is 0 Å². The van der Waals surface area contributed by atoms with Gasteiger partial charge in [0.1, 0.15) is 5.75 Å². The summed E-state index contributed by atoms with van der Waals surface area (Å²) in [6.07, 6.45) is 8.96. The molecule has 4 heteroatoms. The monoisotopic (exact) mass is 323 g/mol. The molecule has 0 spiro atoms. The SMILES string of the molecule is C=CCCCCOc1ccc(/C=C/c2ccc([N+](=O)[O-])cc2)cc1. The first-order chi connectivity index (χ1) is 11.7. The number of nitrogens with zero attached hydrogens (tertiary/aromatic N) is 1. The first-order valence-corrected chi connectivity index (χ1v) is 7.95. The van der Waals surface area contributed by atoms with Gasteiger partial charge in [-0.2, -0.15) is 0 Å². The van der Waals surface area contributed by atoms with E-state index in [0.29, 0.717) is 6.61 Å². The fourth-order valence-corrected chi connectivity index (χ4v) is 2.16. The Morgan fingerprint density at radius 2 is 1.54 bits per heavy atom. The summed E-state index contributed by atoms with van der Waals surface area (Å²) in [5.74, 6) is 0.862. The minimum atomic E-state index is -0.399. The Labute approximate surface area is 142 Å². The van der Waals surface area contributed by atoms with E-state index in [1.54, 1.807) is 12.1 Å². The van der Waals surface area contributed by atoms with Crippen LogP contribution in [-0.4, -0.2) is 11.5 Å². The first kappa shape index (κ1) is 17.5. The van der Waals surface area contributed by atoms with E-state index in [2.05, 4.69) is 6.58 Å². The van der Waals surface area contributed by atoms with Crippen LogP contribution in [0.15, 0.2) is 61.2 Å². The molecule has 0 heterocycles. The van der Waals surface area contributed by atoms with Crippen molar-refractivity contribution in [2.75, 3.05) is 6.61 Å². The molecule has 2 rings (SSSR count). The molecule has 0 aliphatic carbocycles. The van der Waals surface area contributed by atoms with Crippen LogP contribution in [0.1, 0.15) is 30.4 Å². The molecule has 0 saturated carbocycles. The molecule has 2 aromatic rings. The minimum Gasteiger partial charge on any atom is -0.494 e. The van der Waals surface area contributed by atoms with Gasteiger partial charge in [0, 0.05) is 12.1 Å². The predicted octanol–water partition coefficient (Wildman–Crippen LogP) is 5.50. The number of nitro benzene ring substituents is 1. The van der Waals surface area contributed by atoms with E-state index in [0.717, 1.165) is 36.1 Å². The molecule has 0 amide bonds. The van der Waals surface area contributed by atoms with Crippen molar-refractivity contribution in [3.05, 3.63) is 82.4 Å². The molecular weight excluding hydrogens is 302 g/mol. The largest absolute Gasteiger partial charge is 0.494 e. The lowest BCUT2D eigenvalue weighted by Gasteiger charge is -2.05. The van der Waals surface area contributed by atoms with Gasteiger partial charge in [-0.3, -0.25) is 10.1 Å². The van der Waals surface area contributed by atoms with Crippen LogP contribution in [0.5, 0.6) is 5.75 Å². The maximum Gasteiger partial charge on any atom is 0.269 e. The molecule has 0 atom stereocenters. The van der Waals surface area contributed by atoms with Crippen LogP contribution in [0.25, 0.3) is 12.2 Å². The highest BCUT2D eigenvalue weighted by Gasteiger charge is 2.02. The van der Waals surface area contributed by atoms with Crippen molar-refractivity contribution in [1.29, 1.82) is 0 Å². The van der Waals surface area contributed by atoms with Crippen molar-refractivity contribution in [1.82, 2.24) is 0 Å². The van der Waals surface area contributed by atoms with Gasteiger partial charge in [-0.1, -0.05) is 30.4 Å². The molecular formula is C20H21NO3. The molecule has 2 aromatic carbocycles. The summed E-state index contributed by atoms with van der Waals surface area (Å²) in [5.41, 5.74) is 2.07. The van der Waals surface area contributed by atoms with Crippen molar-refractivity contribution in [3.63, 3.8) is 0 Å². The second-order valence-electron chi connectivity index (χ2n) is 5.38. The lowest BCUT2D eigenvalue weighted by molar-refractivity contribution is -0.384. The lowest BCUT2D eigenvalue weighted by atomic mass is 10.1. The third-order valence-corrected chi connectivity index (χ3v) is 3.52. The van der Waals surface area contributed by atoms with Gasteiger partial charge >= 0.3 is 0 Å². The van der Waals surface area contributed by atoms with Crippen molar-refractivity contribution >= 4 is 17.8 Å². The number of benzene rings is 2. The van der Waals surface area contributed by atoms with Gasteiger partial charge in [0.25, 0.3) is 5.69 Å². The predicted molar refractivity (Wildman–Crippen MR) is 98.0 cm³/mol. The molecule has 124 valence electrons. The minimum absolute atomic E-state index is 0.0988. The zero-order chi connectivity index (χ0) is 17.2. The number of unbranched alkanes of at least 4 members (excludes halogenated alkanes) is 2. The topological polar surface area (TPSA) is 52.4 Å². The highest BCUT2D eigenvalue weighted by atomic mass is 16.6. The van der Waals surface area contributed by atoms with E-state index in [9.17, 15) is 10.1 Å². The summed E-state index contributed by atoms with van der Waals surface area (Å²) in [4.78, 5) is 10.2. The van der Waals surface area contributed by atoms with Crippen molar-refractivity contribution in [2.24, 2.45) is 0 Å². The summed E-state index contributed by atoms with van der Waals surface area (Å²) in [5, 5.41) is 10.6. The van der Waals surface area contributed by atoms with Crippen LogP contribution in [0.2, 0.25) is 0 Å². The lowest BCUT2D eigenvalue weighted by Crippen LogP contribution is -1.96. The smallest absolute Gasteiger partial charge is 0.269 e. The Morgan fingerprint density at radius 1 is 0.958 bits per heavy atom. The summed E-state index contributed by atoms with van der Waals surface area (Å²) in [6.45, 7) is 4.41. The summed E-state index contributed by atoms with van der Waals surface area (Å²) < 4.78 is 5.68. The normalized spacial score (nSPS) is 10.7. The van der Waals surface area contributed by atoms with E-state index >= 15 is 0 Å². The zero-order valence-corrected chi connectivity index (χ0v) is 13.6. The maximum absolute atomic E-state index is 10.6. The number of rotatable bonds is 9. The number of non-ortho nitro benzene ring substituents is 1. The number of ether oxygens (including phenoxy) is 1. The average Bonchev–Trinajstić information content (AvgIpc) is 2.61. The van der Waals surface area contributed by atoms with Gasteiger partial charge in [-0.25, -0.2) is 0 Å². The number of allylic oxidation sites excluding steroid dienone is 1. The Hall–Kier alpha value is -2.88. The molecule has 0 aromatic heterocycles. The van der Waals surface area contributed by atoms with Crippen molar-refractivity contribution in [2.45, 2.75) is 19.3 Å². The number of hydrogen-bond acceptors (Lipinski definition) is 3. The van der Waals surface area contributed by atoms with Crippen LogP contribution in [0, 0.1) is 10.1 Å². The second kappa shape index (κ2) is 9.30. The number of hydrogen-bond donors (Lipinski definition) is 0. The van der Waals surface area contributed by atoms with Crippen LogP contribution < -0.4 is 4.74 Å². The summed E-state index contributed by atoms with van der Waals surface area (Å²) in [6, 6.07) is 14.3. The molecule has 0 aliphatic rings. The Kier molecular flexibility index (Phi) is 6.77. The molecule has 24 heavy (non-hydrogen) atoms. The maximum atomic E-state index is 10.6. The summed E-state index contributed by atoms with van der Waals surface area (Å²) >= 11 is 0. The van der Waals surface area contributed by atoms with E-state index in [1.807, 2.05) is 42.5 Å².